The predicted octanol–water partition coefficient (Wildman–Crippen LogP) is 3.75. The minimum atomic E-state index is 0.213. The maximum Gasteiger partial charge on any atom is 0.0543 e. The minimum Gasteiger partial charge on any atom is -0.255 e. The molecule has 0 aliphatic carbocycles. The van der Waals surface area contributed by atoms with Gasteiger partial charge in [-0.05, 0) is 24.6 Å². The average molecular weight is 292 g/mol. The fourth-order valence-electron chi connectivity index (χ4n) is 1.33. The number of rotatable bonds is 6. The van der Waals surface area contributed by atoms with Crippen LogP contribution in [-0.4, -0.2) is 29.0 Å². The summed E-state index contributed by atoms with van der Waals surface area (Å²) in [5.74, 6) is 1.97. The molecule has 0 aliphatic rings. The molecule has 1 heterocycles. The summed E-state index contributed by atoms with van der Waals surface area (Å²) in [6.07, 6.45) is 4.17. The lowest BCUT2D eigenvalue weighted by molar-refractivity contribution is 0.947. The summed E-state index contributed by atoms with van der Waals surface area (Å²) < 4.78 is 0. The van der Waals surface area contributed by atoms with Crippen molar-refractivity contribution in [3.05, 3.63) is 29.6 Å². The summed E-state index contributed by atoms with van der Waals surface area (Å²) >= 11 is 12.7. The Hall–Kier alpha value is 0.550. The maximum absolute atomic E-state index is 4.63. The van der Waals surface area contributed by atoms with Crippen LogP contribution >= 0.6 is 48.8 Å². The van der Waals surface area contributed by atoms with Crippen molar-refractivity contribution < 1.29 is 0 Å². The largest absolute Gasteiger partial charge is 0.255 e. The number of aromatic nitrogens is 1. The molecule has 1 nitrogen and oxygen atoms in total. The minimum absolute atomic E-state index is 0.213. The van der Waals surface area contributed by atoms with Gasteiger partial charge in [0, 0.05) is 11.5 Å². The molecule has 0 N–H and O–H groups in total. The fraction of sp³-hybridized carbons (Fsp3) is 0.545. The third-order valence-corrected chi connectivity index (χ3v) is 4.85. The fourth-order valence-corrected chi connectivity index (χ4v) is 3.48. The topological polar surface area (TPSA) is 12.9 Å². The lowest BCUT2D eigenvalue weighted by Gasteiger charge is -2.13. The Bertz CT molecular complexity index is 291. The second-order valence-electron chi connectivity index (χ2n) is 3.43. The lowest BCUT2D eigenvalue weighted by atomic mass is 10.2. The molecule has 2 unspecified atom stereocenters. The van der Waals surface area contributed by atoms with E-state index in [1.807, 2.05) is 18.2 Å². The Labute approximate surface area is 117 Å². The van der Waals surface area contributed by atoms with Crippen molar-refractivity contribution in [2.75, 3.05) is 24.0 Å². The van der Waals surface area contributed by atoms with Gasteiger partial charge in [0.2, 0.25) is 0 Å². The monoisotopic (exact) mass is 291 g/mol. The number of thioether (sulfide) groups is 2. The number of thiol groups is 2. The Balaban J connectivity index is 2.77. The molecule has 0 fully saturated rings. The molecule has 90 valence electrons. The van der Waals surface area contributed by atoms with Gasteiger partial charge in [-0.3, -0.25) is 4.98 Å². The first-order valence-corrected chi connectivity index (χ1v) is 8.82. The summed E-state index contributed by atoms with van der Waals surface area (Å²) in [5.41, 5.74) is 2.10. The van der Waals surface area contributed by atoms with Gasteiger partial charge in [-0.1, -0.05) is 6.07 Å². The van der Waals surface area contributed by atoms with Crippen molar-refractivity contribution in [2.45, 2.75) is 10.5 Å². The Morgan fingerprint density at radius 3 is 1.88 bits per heavy atom. The molecular formula is C11H17NS4. The van der Waals surface area contributed by atoms with E-state index >= 15 is 0 Å². The van der Waals surface area contributed by atoms with Crippen molar-refractivity contribution in [1.82, 2.24) is 4.98 Å². The molecule has 0 saturated heterocycles. The van der Waals surface area contributed by atoms with Gasteiger partial charge >= 0.3 is 0 Å². The quantitative estimate of drug-likeness (QED) is 0.775. The molecule has 0 aromatic carbocycles. The first-order valence-electron chi connectivity index (χ1n) is 5.00. The second kappa shape index (κ2) is 7.80. The third-order valence-electron chi connectivity index (χ3n) is 2.12. The van der Waals surface area contributed by atoms with Crippen molar-refractivity contribution in [1.29, 1.82) is 0 Å². The van der Waals surface area contributed by atoms with E-state index in [9.17, 15) is 0 Å². The van der Waals surface area contributed by atoms with Crippen molar-refractivity contribution in [2.24, 2.45) is 0 Å². The summed E-state index contributed by atoms with van der Waals surface area (Å²) in [7, 11) is 0. The number of hydrogen-bond donors (Lipinski definition) is 2. The Morgan fingerprint density at radius 2 is 1.50 bits per heavy atom. The van der Waals surface area contributed by atoms with E-state index in [-0.39, 0.29) is 10.5 Å². The van der Waals surface area contributed by atoms with E-state index in [4.69, 9.17) is 0 Å². The molecule has 2 atom stereocenters. The number of hydrogen-bond acceptors (Lipinski definition) is 5. The molecule has 1 rings (SSSR count). The third kappa shape index (κ3) is 4.43. The van der Waals surface area contributed by atoms with E-state index in [1.165, 1.54) is 0 Å². The molecule has 0 amide bonds. The van der Waals surface area contributed by atoms with Crippen LogP contribution in [0.3, 0.4) is 0 Å². The Morgan fingerprint density at radius 1 is 1.06 bits per heavy atom. The van der Waals surface area contributed by atoms with E-state index in [1.54, 1.807) is 23.5 Å². The maximum atomic E-state index is 4.63. The highest BCUT2D eigenvalue weighted by atomic mass is 32.2. The van der Waals surface area contributed by atoms with Crippen LogP contribution in [0.15, 0.2) is 18.2 Å². The van der Waals surface area contributed by atoms with Crippen LogP contribution in [-0.2, 0) is 0 Å². The zero-order valence-electron chi connectivity index (χ0n) is 9.46. The van der Waals surface area contributed by atoms with E-state index < -0.39 is 0 Å². The molecule has 0 aliphatic heterocycles. The van der Waals surface area contributed by atoms with Crippen LogP contribution in [0.4, 0.5) is 0 Å². The molecular weight excluding hydrogens is 274 g/mol. The standard InChI is InChI=1S/C11H17NS4/c1-15-6-10(13)8-4-3-5-9(12-8)11(14)7-16-2/h3-5,10-11,13-14H,6-7H2,1-2H3. The van der Waals surface area contributed by atoms with Gasteiger partial charge < -0.3 is 0 Å². The Kier molecular flexibility index (Phi) is 7.12. The van der Waals surface area contributed by atoms with Gasteiger partial charge in [-0.2, -0.15) is 48.8 Å². The summed E-state index contributed by atoms with van der Waals surface area (Å²) in [5, 5.41) is 0.425. The first kappa shape index (κ1) is 14.6. The highest BCUT2D eigenvalue weighted by Crippen LogP contribution is 2.26. The van der Waals surface area contributed by atoms with Crippen molar-refractivity contribution in [3.63, 3.8) is 0 Å². The average Bonchev–Trinajstić information content (AvgIpc) is 2.30. The van der Waals surface area contributed by atoms with Gasteiger partial charge in [0.1, 0.15) is 0 Å². The normalized spacial score (nSPS) is 14.8. The highest BCUT2D eigenvalue weighted by Gasteiger charge is 2.11. The molecule has 1 aromatic heterocycles. The first-order chi connectivity index (χ1) is 7.69. The van der Waals surface area contributed by atoms with Gasteiger partial charge in [0.05, 0.1) is 21.9 Å². The van der Waals surface area contributed by atoms with Crippen LogP contribution in [0.2, 0.25) is 0 Å². The summed E-state index contributed by atoms with van der Waals surface area (Å²) in [4.78, 5) is 4.63. The van der Waals surface area contributed by atoms with E-state index in [2.05, 4.69) is 42.8 Å². The summed E-state index contributed by atoms with van der Waals surface area (Å²) in [6, 6.07) is 6.12. The van der Waals surface area contributed by atoms with E-state index in [0.29, 0.717) is 0 Å². The molecule has 1 aromatic rings. The van der Waals surface area contributed by atoms with Crippen LogP contribution in [0, 0.1) is 0 Å². The van der Waals surface area contributed by atoms with Gasteiger partial charge in [-0.15, -0.1) is 0 Å². The van der Waals surface area contributed by atoms with Crippen molar-refractivity contribution >= 4 is 48.8 Å². The molecule has 0 saturated carbocycles. The van der Waals surface area contributed by atoms with Crippen LogP contribution in [0.25, 0.3) is 0 Å². The molecule has 0 radical (unpaired) electrons. The SMILES string of the molecule is CSCC(S)c1cccc(C(S)CSC)n1. The van der Waals surface area contributed by atoms with Crippen LogP contribution < -0.4 is 0 Å². The number of pyridine rings is 1. The van der Waals surface area contributed by atoms with Crippen LogP contribution in [0.1, 0.15) is 21.9 Å². The smallest absolute Gasteiger partial charge is 0.0543 e. The molecule has 0 spiro atoms. The van der Waals surface area contributed by atoms with Gasteiger partial charge in [-0.25, -0.2) is 0 Å². The predicted molar refractivity (Wildman–Crippen MR) is 84.5 cm³/mol. The highest BCUT2D eigenvalue weighted by molar-refractivity contribution is 7.99. The number of nitrogens with zero attached hydrogens (tertiary/aromatic N) is 1. The van der Waals surface area contributed by atoms with Gasteiger partial charge in [0.25, 0.3) is 0 Å². The summed E-state index contributed by atoms with van der Waals surface area (Å²) in [6.45, 7) is 0. The van der Waals surface area contributed by atoms with Crippen molar-refractivity contribution in [3.8, 4) is 0 Å². The zero-order chi connectivity index (χ0) is 12.0. The van der Waals surface area contributed by atoms with E-state index in [0.717, 1.165) is 22.9 Å². The molecule has 0 bridgehead atoms. The lowest BCUT2D eigenvalue weighted by Crippen LogP contribution is -2.03. The molecule has 16 heavy (non-hydrogen) atoms. The van der Waals surface area contributed by atoms with Gasteiger partial charge in [0.15, 0.2) is 0 Å². The zero-order valence-corrected chi connectivity index (χ0v) is 12.9. The second-order valence-corrected chi connectivity index (χ2v) is 6.50. The molecule has 5 heteroatoms. The van der Waals surface area contributed by atoms with Crippen LogP contribution in [0.5, 0.6) is 0 Å².